The van der Waals surface area contributed by atoms with Crippen LogP contribution in [-0.4, -0.2) is 57.0 Å². The Kier molecular flexibility index (Phi) is 93.0. The van der Waals surface area contributed by atoms with Crippen LogP contribution in [-0.2, 0) is 31.0 Å². The Hall–Kier alpha value is 1.63. The number of aliphatic carboxylic acids is 1. The maximum absolute atomic E-state index is 9.24. The minimum absolute atomic E-state index is 0. The van der Waals surface area contributed by atoms with Crippen molar-refractivity contribution in [3.05, 3.63) is 0 Å². The number of hydrogen-bond donors (Lipinski definition) is 3. The second-order valence-electron chi connectivity index (χ2n) is 0.598. The van der Waals surface area contributed by atoms with E-state index in [1.54, 1.807) is 0 Å². The smallest absolute Gasteiger partial charge is 0.317 e. The summed E-state index contributed by atoms with van der Waals surface area (Å²) in [6.07, 6.45) is 0. The molecular formula is C2H12Al2ClNO3Zr. The van der Waals surface area contributed by atoms with Crippen LogP contribution in [0.5, 0.6) is 0 Å². The summed E-state index contributed by atoms with van der Waals surface area (Å²) < 4.78 is 6.47. The Labute approximate surface area is 105 Å². The van der Waals surface area contributed by atoms with E-state index < -0.39 is 5.97 Å². The predicted octanol–water partition coefficient (Wildman–Crippen LogP) is -3.21. The van der Waals surface area contributed by atoms with Crippen molar-refractivity contribution in [1.29, 1.82) is 0 Å². The van der Waals surface area contributed by atoms with Crippen molar-refractivity contribution in [2.75, 3.05) is 6.54 Å². The number of rotatable bonds is 1. The first-order chi connectivity index (χ1) is 3.27. The van der Waals surface area contributed by atoms with E-state index >= 15 is 0 Å². The second kappa shape index (κ2) is 31.1. The number of carboxylic acids is 1. The van der Waals surface area contributed by atoms with Crippen LogP contribution >= 0.6 is 11.9 Å². The van der Waals surface area contributed by atoms with E-state index in [9.17, 15) is 4.79 Å². The number of halogens is 1. The zero-order valence-electron chi connectivity index (χ0n) is 3.97. The van der Waals surface area contributed by atoms with Crippen molar-refractivity contribution < 1.29 is 40.8 Å². The first-order valence-electron chi connectivity index (χ1n) is 1.36. The molecule has 0 aromatic heterocycles. The molecular weight excluding hydrogens is 267 g/mol. The molecule has 0 aliphatic heterocycles. The first kappa shape index (κ1) is 29.9. The van der Waals surface area contributed by atoms with Gasteiger partial charge in [-0.3, -0.25) is 9.45 Å². The molecule has 0 spiro atoms. The summed E-state index contributed by atoms with van der Waals surface area (Å²) in [5.74, 6) is -0.968. The third kappa shape index (κ3) is 54.5. The van der Waals surface area contributed by atoms with Crippen LogP contribution in [0.2, 0.25) is 0 Å². The molecule has 0 atom stereocenters. The molecule has 0 unspecified atom stereocenters. The average molecular weight is 279 g/mol. The number of carbonyl (C=O) groups is 1. The van der Waals surface area contributed by atoms with Crippen LogP contribution in [0.4, 0.5) is 0 Å². The molecule has 0 aliphatic carbocycles. The molecule has 60 valence electrons. The van der Waals surface area contributed by atoms with Crippen LogP contribution < -0.4 is 5.73 Å². The summed E-state index contributed by atoms with van der Waals surface area (Å²) in [6, 6.07) is 0. The van der Waals surface area contributed by atoms with E-state index in [0.717, 1.165) is 0 Å². The normalized spacial score (nSPS) is 4.30. The van der Waals surface area contributed by atoms with Crippen molar-refractivity contribution in [3.8, 4) is 0 Å². The summed E-state index contributed by atoms with van der Waals surface area (Å²) in [7, 11) is 0. The van der Waals surface area contributed by atoms with E-state index in [1.165, 1.54) is 0 Å². The number of hydrogen-bond acceptors (Lipinski definition) is 3. The van der Waals surface area contributed by atoms with Crippen molar-refractivity contribution >= 4 is 52.6 Å². The van der Waals surface area contributed by atoms with Crippen LogP contribution in [0.15, 0.2) is 0 Å². The van der Waals surface area contributed by atoms with Gasteiger partial charge in [-0.05, 0) is 0 Å². The minimum Gasteiger partial charge on any atom is -0.480 e. The van der Waals surface area contributed by atoms with Crippen molar-refractivity contribution in [3.63, 3.8) is 0 Å². The fourth-order valence-electron chi connectivity index (χ4n) is 0. The number of nitrogens with two attached hydrogens (primary N) is 1. The molecule has 0 bridgehead atoms. The van der Waals surface area contributed by atoms with Gasteiger partial charge >= 0.3 is 5.97 Å². The Morgan fingerprint density at radius 3 is 1.50 bits per heavy atom. The van der Waals surface area contributed by atoms with E-state index in [-0.39, 0.29) is 67.5 Å². The van der Waals surface area contributed by atoms with E-state index in [1.807, 2.05) is 0 Å². The topological polar surface area (TPSA) is 83.6 Å². The van der Waals surface area contributed by atoms with E-state index in [0.29, 0.717) is 0 Å². The van der Waals surface area contributed by atoms with Crippen molar-refractivity contribution in [1.82, 2.24) is 0 Å². The molecule has 0 fully saturated rings. The molecule has 4 N–H and O–H groups in total. The minimum atomic E-state index is -0.968. The summed E-state index contributed by atoms with van der Waals surface area (Å²) in [5, 5.41) is 7.60. The van der Waals surface area contributed by atoms with Crippen molar-refractivity contribution in [2.24, 2.45) is 5.73 Å². The van der Waals surface area contributed by atoms with E-state index in [2.05, 4.69) is 17.6 Å². The van der Waals surface area contributed by atoms with Gasteiger partial charge in [0.25, 0.3) is 0 Å². The van der Waals surface area contributed by atoms with E-state index in [4.69, 9.17) is 9.77 Å². The number of carboxylic acid groups (broad SMARTS) is 1. The van der Waals surface area contributed by atoms with Crippen LogP contribution in [0.3, 0.4) is 0 Å². The monoisotopic (exact) mass is 277 g/mol. The Bertz CT molecular complexity index is 59.8. The molecule has 10 heavy (non-hydrogen) atoms. The SMILES string of the molecule is NCC(=O)O.OCl.[AlH3].[AlH3].[Zr]. The molecule has 0 saturated carbocycles. The second-order valence-corrected chi connectivity index (χ2v) is 0.598. The van der Waals surface area contributed by atoms with Crippen LogP contribution in [0.1, 0.15) is 0 Å². The van der Waals surface area contributed by atoms with Gasteiger partial charge < -0.3 is 10.8 Å². The molecule has 0 aliphatic rings. The molecule has 8 heteroatoms. The summed E-state index contributed by atoms with van der Waals surface area (Å²) in [5.41, 5.74) is 4.57. The zero-order valence-corrected chi connectivity index (χ0v) is 7.18. The molecule has 4 nitrogen and oxygen atoms in total. The Morgan fingerprint density at radius 1 is 1.40 bits per heavy atom. The third-order valence-electron chi connectivity index (χ3n) is 0.175. The molecule has 0 rings (SSSR count). The van der Waals surface area contributed by atoms with Crippen LogP contribution in [0.25, 0.3) is 0 Å². The third-order valence-corrected chi connectivity index (χ3v) is 0.175. The summed E-state index contributed by atoms with van der Waals surface area (Å²) >= 11 is 3.64. The average Bonchev–Trinajstić information content (AvgIpc) is 1.73. The summed E-state index contributed by atoms with van der Waals surface area (Å²) in [6.45, 7) is -0.278. The molecule has 0 saturated heterocycles. The zero-order chi connectivity index (χ0) is 6.28. The van der Waals surface area contributed by atoms with Crippen molar-refractivity contribution in [2.45, 2.75) is 0 Å². The molecule has 0 heterocycles. The maximum atomic E-state index is 9.24. The van der Waals surface area contributed by atoms with Gasteiger partial charge in [0.1, 0.15) is 0 Å². The fraction of sp³-hybridized carbons (Fsp3) is 0.500. The Morgan fingerprint density at radius 2 is 1.50 bits per heavy atom. The van der Waals surface area contributed by atoms with Gasteiger partial charge in [0.2, 0.25) is 0 Å². The van der Waals surface area contributed by atoms with Gasteiger partial charge in [-0.1, -0.05) is 0 Å². The predicted molar refractivity (Wildman–Crippen MR) is 44.6 cm³/mol. The van der Waals surface area contributed by atoms with Gasteiger partial charge in [-0.15, -0.1) is 0 Å². The largest absolute Gasteiger partial charge is 0.480 e. The van der Waals surface area contributed by atoms with Gasteiger partial charge in [-0.25, -0.2) is 0 Å². The maximum Gasteiger partial charge on any atom is 0.317 e. The van der Waals surface area contributed by atoms with Gasteiger partial charge in [-0.2, -0.15) is 0 Å². The van der Waals surface area contributed by atoms with Gasteiger partial charge in [0.15, 0.2) is 34.7 Å². The van der Waals surface area contributed by atoms with Gasteiger partial charge in [0.05, 0.1) is 18.4 Å². The molecule has 0 amide bonds. The standard InChI is InChI=1S/C2H5NO2.2Al.ClHO.Zr.6H/c3-1-2(4)5;;;1-2;;;;;;;/h1,3H2,(H,4,5);;;2H;;;;;;;. The Balaban J connectivity index is -0.0000000154. The molecule has 0 aromatic rings. The first-order valence-corrected chi connectivity index (χ1v) is 1.70. The molecule has 0 aromatic carbocycles. The van der Waals surface area contributed by atoms with Crippen LogP contribution in [0, 0.1) is 0 Å². The quantitative estimate of drug-likeness (QED) is 0.441. The summed E-state index contributed by atoms with van der Waals surface area (Å²) in [4.78, 5) is 9.24. The van der Waals surface area contributed by atoms with Gasteiger partial charge in [0, 0.05) is 26.2 Å². The molecule has 0 radical (unpaired) electrons. The fourth-order valence-corrected chi connectivity index (χ4v) is 0.